The molecule has 0 spiro atoms. The SMILES string of the molecule is C=CCCOc1cc(NN)ncn1. The Bertz CT molecular complexity index is 277. The van der Waals surface area contributed by atoms with Gasteiger partial charge in [-0.15, -0.1) is 6.58 Å². The summed E-state index contributed by atoms with van der Waals surface area (Å²) in [7, 11) is 0. The zero-order valence-electron chi connectivity index (χ0n) is 7.23. The minimum Gasteiger partial charge on any atom is -0.477 e. The average Bonchev–Trinajstić information content (AvgIpc) is 2.19. The van der Waals surface area contributed by atoms with Crippen molar-refractivity contribution in [2.24, 2.45) is 5.84 Å². The number of hydrogen-bond acceptors (Lipinski definition) is 5. The van der Waals surface area contributed by atoms with Crippen molar-refractivity contribution in [3.05, 3.63) is 25.0 Å². The maximum Gasteiger partial charge on any atom is 0.218 e. The van der Waals surface area contributed by atoms with Crippen LogP contribution in [0.3, 0.4) is 0 Å². The van der Waals surface area contributed by atoms with E-state index >= 15 is 0 Å². The topological polar surface area (TPSA) is 73.1 Å². The number of rotatable bonds is 5. The second-order valence-corrected chi connectivity index (χ2v) is 2.31. The molecule has 0 fully saturated rings. The summed E-state index contributed by atoms with van der Waals surface area (Å²) in [4.78, 5) is 7.73. The molecule has 5 nitrogen and oxygen atoms in total. The summed E-state index contributed by atoms with van der Waals surface area (Å²) in [6.07, 6.45) is 3.96. The number of nitrogen functional groups attached to an aromatic ring is 1. The second-order valence-electron chi connectivity index (χ2n) is 2.31. The van der Waals surface area contributed by atoms with Gasteiger partial charge in [0.05, 0.1) is 6.61 Å². The number of nitrogens with two attached hydrogens (primary N) is 1. The standard InChI is InChI=1S/C8H12N4O/c1-2-3-4-13-8-5-7(12-9)10-6-11-8/h2,5-6H,1,3-4,9H2,(H,10,11,12). The predicted molar refractivity (Wildman–Crippen MR) is 50.2 cm³/mol. The highest BCUT2D eigenvalue weighted by Crippen LogP contribution is 2.09. The first kappa shape index (κ1) is 9.47. The molecule has 0 radical (unpaired) electrons. The fraction of sp³-hybridized carbons (Fsp3) is 0.250. The van der Waals surface area contributed by atoms with Crippen molar-refractivity contribution >= 4 is 5.82 Å². The molecule has 0 bridgehead atoms. The Morgan fingerprint density at radius 1 is 1.62 bits per heavy atom. The van der Waals surface area contributed by atoms with Crippen LogP contribution >= 0.6 is 0 Å². The lowest BCUT2D eigenvalue weighted by Crippen LogP contribution is -2.09. The van der Waals surface area contributed by atoms with Crippen molar-refractivity contribution < 1.29 is 4.74 Å². The van der Waals surface area contributed by atoms with Gasteiger partial charge in [-0.2, -0.15) is 0 Å². The number of nitrogens with one attached hydrogen (secondary N) is 1. The molecule has 0 aliphatic rings. The number of aromatic nitrogens is 2. The summed E-state index contributed by atoms with van der Waals surface area (Å²) < 4.78 is 5.27. The average molecular weight is 180 g/mol. The van der Waals surface area contributed by atoms with Crippen LogP contribution in [0.1, 0.15) is 6.42 Å². The van der Waals surface area contributed by atoms with Crippen LogP contribution in [0.2, 0.25) is 0 Å². The van der Waals surface area contributed by atoms with Gasteiger partial charge in [0.2, 0.25) is 5.88 Å². The highest BCUT2D eigenvalue weighted by Gasteiger charge is 1.96. The molecule has 1 heterocycles. The highest BCUT2D eigenvalue weighted by molar-refractivity contribution is 5.35. The van der Waals surface area contributed by atoms with E-state index in [1.165, 1.54) is 6.33 Å². The van der Waals surface area contributed by atoms with Gasteiger partial charge in [0.15, 0.2) is 0 Å². The van der Waals surface area contributed by atoms with Crippen LogP contribution in [0.5, 0.6) is 5.88 Å². The molecular weight excluding hydrogens is 168 g/mol. The third-order valence-electron chi connectivity index (χ3n) is 1.36. The smallest absolute Gasteiger partial charge is 0.218 e. The molecule has 0 saturated carbocycles. The molecule has 3 N–H and O–H groups in total. The van der Waals surface area contributed by atoms with E-state index in [1.807, 2.05) is 0 Å². The van der Waals surface area contributed by atoms with Crippen LogP contribution in [0.15, 0.2) is 25.0 Å². The molecule has 13 heavy (non-hydrogen) atoms. The Balaban J connectivity index is 2.50. The van der Waals surface area contributed by atoms with Gasteiger partial charge in [-0.3, -0.25) is 0 Å². The van der Waals surface area contributed by atoms with Crippen molar-refractivity contribution in [2.45, 2.75) is 6.42 Å². The van der Waals surface area contributed by atoms with Crippen molar-refractivity contribution in [3.63, 3.8) is 0 Å². The van der Waals surface area contributed by atoms with E-state index in [2.05, 4.69) is 22.0 Å². The van der Waals surface area contributed by atoms with Gasteiger partial charge in [-0.1, -0.05) is 6.08 Å². The Labute approximate surface area is 76.6 Å². The Morgan fingerprint density at radius 3 is 3.15 bits per heavy atom. The van der Waals surface area contributed by atoms with Crippen LogP contribution in [0.4, 0.5) is 5.82 Å². The zero-order valence-corrected chi connectivity index (χ0v) is 7.23. The monoisotopic (exact) mass is 180 g/mol. The number of ether oxygens (including phenoxy) is 1. The van der Waals surface area contributed by atoms with E-state index in [9.17, 15) is 0 Å². The van der Waals surface area contributed by atoms with Crippen LogP contribution in [-0.4, -0.2) is 16.6 Å². The summed E-state index contributed by atoms with van der Waals surface area (Å²) in [5.74, 6) is 6.20. The fourth-order valence-corrected chi connectivity index (χ4v) is 0.744. The molecule has 0 amide bonds. The van der Waals surface area contributed by atoms with E-state index in [4.69, 9.17) is 10.6 Å². The van der Waals surface area contributed by atoms with Crippen LogP contribution in [-0.2, 0) is 0 Å². The highest BCUT2D eigenvalue weighted by atomic mass is 16.5. The molecule has 1 rings (SSSR count). The molecular formula is C8H12N4O. The number of anilines is 1. The van der Waals surface area contributed by atoms with Crippen molar-refractivity contribution in [2.75, 3.05) is 12.0 Å². The number of hydrogen-bond donors (Lipinski definition) is 2. The first-order valence-corrected chi connectivity index (χ1v) is 3.89. The van der Waals surface area contributed by atoms with E-state index in [1.54, 1.807) is 12.1 Å². The molecule has 5 heteroatoms. The Hall–Kier alpha value is -1.62. The third kappa shape index (κ3) is 3.08. The predicted octanol–water partition coefficient (Wildman–Crippen LogP) is 0.717. The van der Waals surface area contributed by atoms with Gasteiger partial charge >= 0.3 is 0 Å². The lowest BCUT2D eigenvalue weighted by molar-refractivity contribution is 0.312. The Morgan fingerprint density at radius 2 is 2.46 bits per heavy atom. The second kappa shape index (κ2) is 5.10. The Kier molecular flexibility index (Phi) is 3.72. The van der Waals surface area contributed by atoms with Crippen LogP contribution < -0.4 is 16.0 Å². The summed E-state index contributed by atoms with van der Waals surface area (Å²) in [5, 5.41) is 0. The van der Waals surface area contributed by atoms with Crippen LogP contribution in [0, 0.1) is 0 Å². The minimum atomic E-state index is 0.504. The molecule has 0 aromatic carbocycles. The number of nitrogens with zero attached hydrogens (tertiary/aromatic N) is 2. The maximum atomic E-state index is 5.27. The summed E-state index contributed by atoms with van der Waals surface area (Å²) >= 11 is 0. The number of hydrazine groups is 1. The normalized spacial score (nSPS) is 9.31. The quantitative estimate of drug-likeness (QED) is 0.302. The third-order valence-corrected chi connectivity index (χ3v) is 1.36. The van der Waals surface area contributed by atoms with Gasteiger partial charge in [-0.05, 0) is 6.42 Å². The molecule has 1 aromatic heterocycles. The molecule has 0 aliphatic heterocycles. The summed E-state index contributed by atoms with van der Waals surface area (Å²) in [5.41, 5.74) is 2.41. The van der Waals surface area contributed by atoms with Gasteiger partial charge in [0.25, 0.3) is 0 Å². The largest absolute Gasteiger partial charge is 0.477 e. The summed E-state index contributed by atoms with van der Waals surface area (Å²) in [6, 6.07) is 1.63. The zero-order chi connectivity index (χ0) is 9.52. The molecule has 0 saturated heterocycles. The molecule has 0 atom stereocenters. The van der Waals surface area contributed by atoms with Gasteiger partial charge in [0.1, 0.15) is 12.1 Å². The molecule has 0 unspecified atom stereocenters. The minimum absolute atomic E-state index is 0.504. The van der Waals surface area contributed by atoms with Crippen LogP contribution in [0.25, 0.3) is 0 Å². The first-order chi connectivity index (χ1) is 6.36. The van der Waals surface area contributed by atoms with E-state index < -0.39 is 0 Å². The lowest BCUT2D eigenvalue weighted by Gasteiger charge is -2.03. The molecule has 70 valence electrons. The van der Waals surface area contributed by atoms with Gasteiger partial charge < -0.3 is 10.2 Å². The van der Waals surface area contributed by atoms with Crippen molar-refractivity contribution in [1.29, 1.82) is 0 Å². The maximum absolute atomic E-state index is 5.27. The first-order valence-electron chi connectivity index (χ1n) is 3.89. The van der Waals surface area contributed by atoms with E-state index in [-0.39, 0.29) is 0 Å². The van der Waals surface area contributed by atoms with E-state index in [0.717, 1.165) is 6.42 Å². The van der Waals surface area contributed by atoms with Gasteiger partial charge in [0, 0.05) is 6.07 Å². The summed E-state index contributed by atoms with van der Waals surface area (Å²) in [6.45, 7) is 4.14. The van der Waals surface area contributed by atoms with Gasteiger partial charge in [-0.25, -0.2) is 15.8 Å². The fourth-order valence-electron chi connectivity index (χ4n) is 0.744. The van der Waals surface area contributed by atoms with E-state index in [0.29, 0.717) is 18.3 Å². The lowest BCUT2D eigenvalue weighted by atomic mass is 10.4. The molecule has 0 aliphatic carbocycles. The van der Waals surface area contributed by atoms with Crippen molar-refractivity contribution in [3.8, 4) is 5.88 Å². The van der Waals surface area contributed by atoms with Crippen molar-refractivity contribution in [1.82, 2.24) is 9.97 Å². The molecule has 1 aromatic rings.